The van der Waals surface area contributed by atoms with Crippen molar-refractivity contribution in [1.82, 2.24) is 57.7 Å². The maximum atomic E-state index is 14.2. The molecule has 1 aromatic rings. The SMILES string of the molecule is CSCCC(NC(=O)C(CC(C)C)NC(=O)CNC(=O)C(NC(=O)C(Cc1ccccc1)NC(=O)C(CCC(=O)O)NC(=O)C(CO)NC(=O)C(CO)NC(=O)C(CO)NC(=O)C1CCCN1C(=O)C1CCCN1C(=O)C(N)CCCCN)C(C)C)C(N)=O. The number of primary amides is 1. The average molecular weight is 1280 g/mol. The van der Waals surface area contributed by atoms with Crippen molar-refractivity contribution in [2.24, 2.45) is 29.0 Å². The van der Waals surface area contributed by atoms with Gasteiger partial charge in [-0.15, -0.1) is 0 Å². The maximum absolute atomic E-state index is 14.2. The van der Waals surface area contributed by atoms with Crippen LogP contribution in [0.25, 0.3) is 0 Å². The lowest BCUT2D eigenvalue weighted by Gasteiger charge is -2.32. The van der Waals surface area contributed by atoms with Gasteiger partial charge in [-0.2, -0.15) is 11.8 Å². The number of rotatable bonds is 39. The van der Waals surface area contributed by atoms with Gasteiger partial charge in [0, 0.05) is 25.9 Å². The number of thioether (sulfide) groups is 1. The lowest BCUT2D eigenvalue weighted by Crippen LogP contribution is -2.62. The lowest BCUT2D eigenvalue weighted by atomic mass is 10.0. The van der Waals surface area contributed by atoms with Crippen molar-refractivity contribution in [3.8, 4) is 0 Å². The van der Waals surface area contributed by atoms with E-state index < -0.39 is 188 Å². The topological polar surface area (TPSA) is 496 Å². The monoisotopic (exact) mass is 1280 g/mol. The molecule has 2 aliphatic rings. The Kier molecular flexibility index (Phi) is 33.0. The molecule has 12 amide bonds. The Morgan fingerprint density at radius 3 is 1.66 bits per heavy atom. The third kappa shape index (κ3) is 24.8. The molecule has 0 radical (unpaired) electrons. The number of amides is 12. The van der Waals surface area contributed by atoms with E-state index >= 15 is 0 Å². The second-order valence-corrected chi connectivity index (χ2v) is 23.7. The summed E-state index contributed by atoms with van der Waals surface area (Å²) in [6.45, 7) is 3.67. The van der Waals surface area contributed by atoms with E-state index in [1.54, 1.807) is 44.2 Å². The highest BCUT2D eigenvalue weighted by atomic mass is 32.2. The van der Waals surface area contributed by atoms with Crippen molar-refractivity contribution >= 4 is 88.6 Å². The summed E-state index contributed by atoms with van der Waals surface area (Å²) in [5.41, 5.74) is 17.7. The van der Waals surface area contributed by atoms with Crippen molar-refractivity contribution in [2.45, 2.75) is 171 Å². The molecular weight excluding hydrogens is 1180 g/mol. The molecule has 19 N–H and O–H groups in total. The number of carbonyl (C=O) groups is 13. The molecule has 0 spiro atoms. The molecule has 498 valence electrons. The number of aliphatic carboxylic acids is 1. The summed E-state index contributed by atoms with van der Waals surface area (Å²) in [6.07, 6.45) is 3.75. The van der Waals surface area contributed by atoms with Gasteiger partial charge in [-0.3, -0.25) is 62.3 Å². The van der Waals surface area contributed by atoms with Gasteiger partial charge in [-0.05, 0) is 93.7 Å². The van der Waals surface area contributed by atoms with Gasteiger partial charge < -0.3 is 95.3 Å². The number of carbonyl (C=O) groups excluding carboxylic acids is 12. The van der Waals surface area contributed by atoms with Crippen LogP contribution in [0.3, 0.4) is 0 Å². The summed E-state index contributed by atoms with van der Waals surface area (Å²) in [7, 11) is 0. The van der Waals surface area contributed by atoms with Crippen LogP contribution in [0, 0.1) is 11.8 Å². The van der Waals surface area contributed by atoms with E-state index in [0.717, 1.165) is 0 Å². The number of likely N-dealkylation sites (tertiary alicyclic amines) is 2. The molecule has 89 heavy (non-hydrogen) atoms. The smallest absolute Gasteiger partial charge is 0.303 e. The van der Waals surface area contributed by atoms with Crippen LogP contribution in [-0.2, 0) is 68.7 Å². The van der Waals surface area contributed by atoms with Crippen LogP contribution < -0.4 is 65.1 Å². The first kappa shape index (κ1) is 75.7. The highest BCUT2D eigenvalue weighted by Crippen LogP contribution is 2.26. The number of nitrogens with zero attached hydrogens (tertiary/aromatic N) is 2. The Labute approximate surface area is 521 Å². The summed E-state index contributed by atoms with van der Waals surface area (Å²) in [6, 6.07) is -6.98. The Bertz CT molecular complexity index is 2590. The fourth-order valence-electron chi connectivity index (χ4n) is 9.97. The fourth-order valence-corrected chi connectivity index (χ4v) is 10.4. The third-order valence-corrected chi connectivity index (χ3v) is 15.5. The second-order valence-electron chi connectivity index (χ2n) is 22.7. The molecule has 32 heteroatoms. The third-order valence-electron chi connectivity index (χ3n) is 14.9. The van der Waals surface area contributed by atoms with Gasteiger partial charge in [-0.1, -0.05) is 64.4 Å². The van der Waals surface area contributed by atoms with Crippen LogP contribution in [0.5, 0.6) is 0 Å². The summed E-state index contributed by atoms with van der Waals surface area (Å²) in [4.78, 5) is 177. The van der Waals surface area contributed by atoms with Gasteiger partial charge in [0.25, 0.3) is 0 Å². The van der Waals surface area contributed by atoms with Crippen LogP contribution in [0.4, 0.5) is 0 Å². The number of carboxylic acids is 1. The van der Waals surface area contributed by atoms with Crippen LogP contribution in [-0.4, -0.2) is 232 Å². The number of hydrogen-bond donors (Lipinski definition) is 16. The maximum Gasteiger partial charge on any atom is 0.303 e. The van der Waals surface area contributed by atoms with Gasteiger partial charge in [0.15, 0.2) is 0 Å². The van der Waals surface area contributed by atoms with E-state index in [-0.39, 0.29) is 44.7 Å². The predicted octanol–water partition coefficient (Wildman–Crippen LogP) is -5.56. The van der Waals surface area contributed by atoms with Gasteiger partial charge in [-0.25, -0.2) is 0 Å². The molecule has 0 aliphatic carbocycles. The Hall–Kier alpha value is -7.52. The van der Waals surface area contributed by atoms with Crippen LogP contribution >= 0.6 is 11.8 Å². The quantitative estimate of drug-likeness (QED) is 0.0273. The molecule has 11 atom stereocenters. The van der Waals surface area contributed by atoms with Gasteiger partial charge in [0.1, 0.15) is 60.4 Å². The minimum Gasteiger partial charge on any atom is -0.481 e. The van der Waals surface area contributed by atoms with Gasteiger partial charge in [0.05, 0.1) is 32.4 Å². The summed E-state index contributed by atoms with van der Waals surface area (Å²) in [5, 5.41) is 61.9. The number of aliphatic hydroxyl groups excluding tert-OH is 3. The van der Waals surface area contributed by atoms with E-state index in [1.807, 2.05) is 20.1 Å². The minimum absolute atomic E-state index is 0.0957. The number of unbranched alkanes of at least 4 members (excludes halogenated alkanes) is 1. The van der Waals surface area contributed by atoms with E-state index in [4.69, 9.17) is 17.2 Å². The number of nitrogens with two attached hydrogens (primary N) is 3. The summed E-state index contributed by atoms with van der Waals surface area (Å²) >= 11 is 1.44. The van der Waals surface area contributed by atoms with Crippen molar-refractivity contribution in [1.29, 1.82) is 0 Å². The van der Waals surface area contributed by atoms with Crippen LogP contribution in [0.15, 0.2) is 30.3 Å². The number of aliphatic hydroxyl groups is 3. The van der Waals surface area contributed by atoms with E-state index in [9.17, 15) is 82.8 Å². The number of hydrogen-bond acceptors (Lipinski definition) is 19. The van der Waals surface area contributed by atoms with Gasteiger partial charge in [0.2, 0.25) is 70.9 Å². The first-order valence-corrected chi connectivity index (χ1v) is 31.2. The molecule has 1 aromatic carbocycles. The minimum atomic E-state index is -1.94. The first-order chi connectivity index (χ1) is 42.2. The molecule has 2 saturated heterocycles. The predicted molar refractivity (Wildman–Crippen MR) is 324 cm³/mol. The molecule has 0 bridgehead atoms. The van der Waals surface area contributed by atoms with Gasteiger partial charge >= 0.3 is 5.97 Å². The molecule has 2 fully saturated rings. The van der Waals surface area contributed by atoms with Crippen molar-refractivity contribution in [3.63, 3.8) is 0 Å². The molecule has 3 rings (SSSR count). The van der Waals surface area contributed by atoms with Crippen molar-refractivity contribution < 1.29 is 82.8 Å². The zero-order valence-electron chi connectivity index (χ0n) is 51.2. The molecule has 2 heterocycles. The zero-order chi connectivity index (χ0) is 66.5. The molecule has 31 nitrogen and oxygen atoms in total. The zero-order valence-corrected chi connectivity index (χ0v) is 52.0. The van der Waals surface area contributed by atoms with Crippen molar-refractivity contribution in [3.05, 3.63) is 35.9 Å². The molecule has 2 aliphatic heterocycles. The summed E-state index contributed by atoms with van der Waals surface area (Å²) < 4.78 is 0. The standard InChI is InChI=1S/C57H92N14O17S/c1-31(2)25-37(49(80)63-35(47(60)78)20-24-89-5)62-44(75)27-61-55(86)46(32(3)4)69-50(81)38(26-33-13-7-6-8-14-33)65-48(79)36(18-19-45(76)77)64-51(82)39(28-72)66-52(83)40(29-73)67-53(84)41(30-74)68-54(85)42-16-11-22-70(42)57(88)43-17-12-23-71(43)56(87)34(59)15-9-10-21-58/h6-8,13-14,31-32,34-43,46,72-74H,9-12,15-30,58-59H2,1-5H3,(H2,60,78)(H,61,86)(H,62,75)(H,63,80)(H,64,82)(H,65,79)(H,66,83)(H,67,84)(H,68,85)(H,69,81)(H,76,77). The molecule has 0 saturated carbocycles. The Morgan fingerprint density at radius 2 is 1.12 bits per heavy atom. The molecular formula is C57H92N14O17S. The van der Waals surface area contributed by atoms with E-state index in [1.165, 1.54) is 21.6 Å². The van der Waals surface area contributed by atoms with E-state index in [0.29, 0.717) is 56.4 Å². The van der Waals surface area contributed by atoms with Crippen LogP contribution in [0.2, 0.25) is 0 Å². The summed E-state index contributed by atoms with van der Waals surface area (Å²) in [5.74, 6) is -12.2. The number of carboxylic acid groups (broad SMARTS) is 1. The second kappa shape index (κ2) is 38.8. The highest BCUT2D eigenvalue weighted by Gasteiger charge is 2.44. The highest BCUT2D eigenvalue weighted by molar-refractivity contribution is 7.98. The van der Waals surface area contributed by atoms with Crippen molar-refractivity contribution in [2.75, 3.05) is 58.0 Å². The first-order valence-electron chi connectivity index (χ1n) is 29.8. The van der Waals surface area contributed by atoms with E-state index in [2.05, 4.69) is 47.9 Å². The fraction of sp³-hybridized carbons (Fsp3) is 0.667. The lowest BCUT2D eigenvalue weighted by molar-refractivity contribution is -0.147. The molecule has 11 unspecified atom stereocenters. The molecule has 0 aromatic heterocycles. The normalized spacial score (nSPS) is 17.7. The van der Waals surface area contributed by atoms with Crippen LogP contribution in [0.1, 0.15) is 104 Å². The number of nitrogens with one attached hydrogen (secondary N) is 9. The number of benzene rings is 1. The Morgan fingerprint density at radius 1 is 0.607 bits per heavy atom. The average Bonchev–Trinajstić information content (AvgIpc) is 2.35. The Balaban J connectivity index is 1.72. The largest absolute Gasteiger partial charge is 0.481 e.